The zero-order chi connectivity index (χ0) is 12.9. The van der Waals surface area contributed by atoms with E-state index in [0.717, 1.165) is 6.21 Å². The SMILES string of the molecule is C=C(C)N.C=C(N)/C=N/O.C=C(N)CN. The molecule has 0 aliphatic rings. The molecule has 0 rings (SSSR count). The summed E-state index contributed by atoms with van der Waals surface area (Å²) < 4.78 is 0. The van der Waals surface area contributed by atoms with E-state index in [1.54, 1.807) is 6.92 Å². The van der Waals surface area contributed by atoms with Gasteiger partial charge in [0, 0.05) is 17.9 Å². The average Bonchev–Trinajstić information content (AvgIpc) is 2.03. The summed E-state index contributed by atoms with van der Waals surface area (Å²) in [4.78, 5) is 0. The Morgan fingerprint density at radius 2 is 1.53 bits per heavy atom. The van der Waals surface area contributed by atoms with Gasteiger partial charge in [0.05, 0.1) is 6.21 Å². The van der Waals surface area contributed by atoms with E-state index in [9.17, 15) is 0 Å². The first-order valence-corrected chi connectivity index (χ1v) is 3.94. The van der Waals surface area contributed by atoms with E-state index in [2.05, 4.69) is 24.9 Å². The summed E-state index contributed by atoms with van der Waals surface area (Å²) >= 11 is 0. The molecule has 0 spiro atoms. The summed E-state index contributed by atoms with van der Waals surface area (Å²) in [7, 11) is 0. The minimum atomic E-state index is 0.248. The van der Waals surface area contributed by atoms with E-state index < -0.39 is 0 Å². The van der Waals surface area contributed by atoms with Crippen molar-refractivity contribution in [3.05, 3.63) is 36.8 Å². The molecule has 9 N–H and O–H groups in total. The van der Waals surface area contributed by atoms with Crippen molar-refractivity contribution < 1.29 is 5.21 Å². The molecule has 15 heavy (non-hydrogen) atoms. The van der Waals surface area contributed by atoms with Crippen LogP contribution in [0.2, 0.25) is 0 Å². The number of hydrogen-bond acceptors (Lipinski definition) is 6. The Bertz CT molecular complexity index is 219. The normalized spacial score (nSPS) is 7.87. The number of nitrogens with two attached hydrogens (primary N) is 4. The van der Waals surface area contributed by atoms with Crippen molar-refractivity contribution in [1.29, 1.82) is 0 Å². The summed E-state index contributed by atoms with van der Waals surface area (Å²) in [6.07, 6.45) is 1.06. The number of oxime groups is 1. The second kappa shape index (κ2) is 14.6. The fraction of sp³-hybridized carbons (Fsp3) is 0.222. The summed E-state index contributed by atoms with van der Waals surface area (Å²) in [6.45, 7) is 12.0. The highest BCUT2D eigenvalue weighted by Crippen LogP contribution is 1.62. The van der Waals surface area contributed by atoms with Crippen molar-refractivity contribution in [1.82, 2.24) is 0 Å². The monoisotopic (exact) mass is 215 g/mol. The van der Waals surface area contributed by atoms with Crippen LogP contribution >= 0.6 is 0 Å². The molecule has 0 aromatic rings. The molecule has 6 nitrogen and oxygen atoms in total. The second-order valence-corrected chi connectivity index (χ2v) is 2.53. The molecular formula is C9H21N5O. The first-order valence-electron chi connectivity index (χ1n) is 3.94. The third kappa shape index (κ3) is 131. The fourth-order valence-corrected chi connectivity index (χ4v) is 0.0742. The van der Waals surface area contributed by atoms with Gasteiger partial charge in [-0.25, -0.2) is 0 Å². The van der Waals surface area contributed by atoms with Crippen LogP contribution in [0.1, 0.15) is 6.92 Å². The second-order valence-electron chi connectivity index (χ2n) is 2.53. The van der Waals surface area contributed by atoms with Crippen LogP contribution in [0.25, 0.3) is 0 Å². The van der Waals surface area contributed by atoms with Crippen molar-refractivity contribution >= 4 is 6.21 Å². The van der Waals surface area contributed by atoms with Crippen molar-refractivity contribution in [3.8, 4) is 0 Å². The van der Waals surface area contributed by atoms with Gasteiger partial charge >= 0.3 is 0 Å². The zero-order valence-corrected chi connectivity index (χ0v) is 9.11. The predicted molar refractivity (Wildman–Crippen MR) is 65.0 cm³/mol. The lowest BCUT2D eigenvalue weighted by Gasteiger charge is -1.82. The molecule has 0 aliphatic heterocycles. The van der Waals surface area contributed by atoms with Crippen LogP contribution in [-0.2, 0) is 0 Å². The Morgan fingerprint density at radius 1 is 1.27 bits per heavy atom. The number of rotatable bonds is 2. The number of hydrogen-bond donors (Lipinski definition) is 5. The molecule has 0 saturated heterocycles. The van der Waals surface area contributed by atoms with Gasteiger partial charge in [0.25, 0.3) is 0 Å². The Labute approximate surface area is 90.6 Å². The molecule has 0 saturated carbocycles. The van der Waals surface area contributed by atoms with Gasteiger partial charge < -0.3 is 28.1 Å². The quantitative estimate of drug-likeness (QED) is 0.247. The van der Waals surface area contributed by atoms with E-state index in [1.165, 1.54) is 0 Å². The Hall–Kier alpha value is -1.95. The first kappa shape index (κ1) is 18.8. The first-order chi connectivity index (χ1) is 6.77. The maximum Gasteiger partial charge on any atom is 0.0884 e. The molecule has 0 bridgehead atoms. The molecule has 0 radical (unpaired) electrons. The van der Waals surface area contributed by atoms with Crippen LogP contribution in [0.15, 0.2) is 42.0 Å². The summed E-state index contributed by atoms with van der Waals surface area (Å²) in [5, 5.41) is 10.3. The predicted octanol–water partition coefficient (Wildman–Crippen LogP) is -0.185. The number of allylic oxidation sites excluding steroid dienone is 2. The Morgan fingerprint density at radius 3 is 1.53 bits per heavy atom. The molecule has 0 amide bonds. The van der Waals surface area contributed by atoms with Crippen LogP contribution in [0.5, 0.6) is 0 Å². The van der Waals surface area contributed by atoms with Crippen molar-refractivity contribution in [2.75, 3.05) is 6.54 Å². The van der Waals surface area contributed by atoms with Crippen LogP contribution in [0.4, 0.5) is 0 Å². The molecule has 88 valence electrons. The van der Waals surface area contributed by atoms with Crippen LogP contribution in [0, 0.1) is 0 Å². The highest BCUT2D eigenvalue weighted by atomic mass is 16.4. The topological polar surface area (TPSA) is 137 Å². The lowest BCUT2D eigenvalue weighted by Crippen LogP contribution is -2.08. The molecule has 0 aromatic carbocycles. The third-order valence-electron chi connectivity index (χ3n) is 0.486. The third-order valence-corrected chi connectivity index (χ3v) is 0.486. The van der Waals surface area contributed by atoms with Gasteiger partial charge in [-0.05, 0) is 12.6 Å². The van der Waals surface area contributed by atoms with Crippen LogP contribution < -0.4 is 22.9 Å². The minimum Gasteiger partial charge on any atom is -0.411 e. The van der Waals surface area contributed by atoms with Crippen molar-refractivity contribution in [3.63, 3.8) is 0 Å². The maximum atomic E-state index is 7.67. The summed E-state index contributed by atoms with van der Waals surface area (Å²) in [5.41, 5.74) is 21.2. The van der Waals surface area contributed by atoms with E-state index >= 15 is 0 Å². The van der Waals surface area contributed by atoms with E-state index in [1.807, 2.05) is 0 Å². The molecule has 0 aromatic heterocycles. The van der Waals surface area contributed by atoms with Crippen molar-refractivity contribution in [2.24, 2.45) is 28.1 Å². The zero-order valence-electron chi connectivity index (χ0n) is 9.11. The molecule has 0 unspecified atom stereocenters. The van der Waals surface area contributed by atoms with Crippen molar-refractivity contribution in [2.45, 2.75) is 6.92 Å². The van der Waals surface area contributed by atoms with Crippen LogP contribution in [-0.4, -0.2) is 18.0 Å². The largest absolute Gasteiger partial charge is 0.411 e. The summed E-state index contributed by atoms with van der Waals surface area (Å²) in [5.74, 6) is 0. The van der Waals surface area contributed by atoms with E-state index in [-0.39, 0.29) is 5.70 Å². The lowest BCUT2D eigenvalue weighted by atomic mass is 10.5. The molecule has 0 atom stereocenters. The molecule has 6 heteroatoms. The lowest BCUT2D eigenvalue weighted by molar-refractivity contribution is 0.321. The van der Waals surface area contributed by atoms with Gasteiger partial charge in [-0.1, -0.05) is 24.9 Å². The average molecular weight is 215 g/mol. The Kier molecular flexibility index (Phi) is 18.2. The molecular weight excluding hydrogens is 194 g/mol. The summed E-state index contributed by atoms with van der Waals surface area (Å²) in [6, 6.07) is 0. The molecule has 0 aliphatic carbocycles. The highest BCUT2D eigenvalue weighted by molar-refractivity contribution is 5.75. The molecule has 0 fully saturated rings. The maximum absolute atomic E-state index is 7.67. The fourth-order valence-electron chi connectivity index (χ4n) is 0.0742. The van der Waals surface area contributed by atoms with Gasteiger partial charge in [0.1, 0.15) is 0 Å². The van der Waals surface area contributed by atoms with E-state index in [0.29, 0.717) is 17.9 Å². The Balaban J connectivity index is -0.000000147. The van der Waals surface area contributed by atoms with Gasteiger partial charge in [0.15, 0.2) is 0 Å². The smallest absolute Gasteiger partial charge is 0.0884 e. The molecule has 0 heterocycles. The van der Waals surface area contributed by atoms with Gasteiger partial charge in [-0.3, -0.25) is 0 Å². The van der Waals surface area contributed by atoms with E-state index in [4.69, 9.17) is 28.1 Å². The van der Waals surface area contributed by atoms with Gasteiger partial charge in [-0.2, -0.15) is 0 Å². The highest BCUT2D eigenvalue weighted by Gasteiger charge is 1.67. The minimum absolute atomic E-state index is 0.248. The number of nitrogens with zero attached hydrogens (tertiary/aromatic N) is 1. The van der Waals surface area contributed by atoms with Gasteiger partial charge in [-0.15, -0.1) is 0 Å². The standard InChI is InChI=1S/C3H6N2O.C3H8N2.C3H7N/c1-3(4)2-5-6;1-3(5)2-4;1-3(2)4/h2,6H,1,4H2;1-2,4-5H2;1,4H2,2H3/b5-2+;;. The van der Waals surface area contributed by atoms with Gasteiger partial charge in [0.2, 0.25) is 0 Å². The van der Waals surface area contributed by atoms with Crippen LogP contribution in [0.3, 0.4) is 0 Å².